The molecule has 1 saturated heterocycles. The number of likely N-dealkylation sites (tertiary alicyclic amines) is 1. The third-order valence-electron chi connectivity index (χ3n) is 5.34. The molecule has 1 aromatic carbocycles. The number of carbonyl (C=O) groups is 1. The number of aromatic nitrogens is 5. The lowest BCUT2D eigenvalue weighted by Gasteiger charge is -2.29. The van der Waals surface area contributed by atoms with E-state index < -0.39 is 0 Å². The zero-order chi connectivity index (χ0) is 21.1. The molecule has 0 atom stereocenters. The number of nitrogens with zero attached hydrogens (tertiary/aromatic N) is 6. The van der Waals surface area contributed by atoms with Crippen molar-refractivity contribution in [2.45, 2.75) is 44.5 Å². The molecule has 0 unspecified atom stereocenters. The predicted molar refractivity (Wildman–Crippen MR) is 117 cm³/mol. The van der Waals surface area contributed by atoms with Gasteiger partial charge < -0.3 is 4.90 Å². The number of thioether (sulfide) groups is 1. The molecular formula is C22H26N6OS. The Hall–Kier alpha value is -2.74. The predicted octanol–water partition coefficient (Wildman–Crippen LogP) is 3.84. The maximum atomic E-state index is 13.3. The van der Waals surface area contributed by atoms with Crippen LogP contribution in [0.4, 0.5) is 0 Å². The van der Waals surface area contributed by atoms with Gasteiger partial charge in [-0.3, -0.25) is 4.79 Å². The largest absolute Gasteiger partial charge is 0.337 e. The lowest BCUT2D eigenvalue weighted by atomic mass is 9.99. The molecule has 7 nitrogen and oxygen atoms in total. The number of aryl methyl sites for hydroxylation is 2. The van der Waals surface area contributed by atoms with E-state index in [0.717, 1.165) is 48.7 Å². The third kappa shape index (κ3) is 4.53. The summed E-state index contributed by atoms with van der Waals surface area (Å²) in [5.74, 6) is 1.13. The van der Waals surface area contributed by atoms with Gasteiger partial charge in [-0.05, 0) is 50.8 Å². The molecule has 0 spiro atoms. The van der Waals surface area contributed by atoms with Gasteiger partial charge in [0.1, 0.15) is 0 Å². The summed E-state index contributed by atoms with van der Waals surface area (Å²) in [5.41, 5.74) is 3.94. The van der Waals surface area contributed by atoms with Crippen LogP contribution in [0.15, 0.2) is 41.6 Å². The highest BCUT2D eigenvalue weighted by Gasteiger charge is 2.28. The van der Waals surface area contributed by atoms with E-state index in [1.807, 2.05) is 55.1 Å². The van der Waals surface area contributed by atoms with E-state index in [9.17, 15) is 4.79 Å². The van der Waals surface area contributed by atoms with E-state index in [1.54, 1.807) is 4.68 Å². The molecule has 0 bridgehead atoms. The second kappa shape index (κ2) is 8.95. The second-order valence-electron chi connectivity index (χ2n) is 7.83. The van der Waals surface area contributed by atoms with Crippen LogP contribution in [0.1, 0.15) is 47.3 Å². The molecule has 156 valence electrons. The first kappa shape index (κ1) is 20.5. The van der Waals surface area contributed by atoms with Gasteiger partial charge >= 0.3 is 0 Å². The standard InChI is InChI=1S/C22H26N6OS/c1-15-9-11-27(12-10-15)21(29)20-19(14-30-22-23-16(2)13-17(3)24-22)28(26-25-20)18-7-5-4-6-8-18/h4-8,13,15H,9-12,14H2,1-3H3. The lowest BCUT2D eigenvalue weighted by molar-refractivity contribution is 0.0690. The minimum Gasteiger partial charge on any atom is -0.337 e. The van der Waals surface area contributed by atoms with Gasteiger partial charge in [0, 0.05) is 30.2 Å². The summed E-state index contributed by atoms with van der Waals surface area (Å²) >= 11 is 1.50. The molecule has 0 aliphatic carbocycles. The molecule has 1 fully saturated rings. The first-order valence-corrected chi connectivity index (χ1v) is 11.2. The van der Waals surface area contributed by atoms with Crippen molar-refractivity contribution in [1.29, 1.82) is 0 Å². The Labute approximate surface area is 180 Å². The summed E-state index contributed by atoms with van der Waals surface area (Å²) < 4.78 is 1.76. The minimum atomic E-state index is -0.0407. The van der Waals surface area contributed by atoms with Gasteiger partial charge in [0.2, 0.25) is 0 Å². The summed E-state index contributed by atoms with van der Waals surface area (Å²) in [5, 5.41) is 9.32. The maximum absolute atomic E-state index is 13.3. The van der Waals surface area contributed by atoms with Crippen LogP contribution in [-0.4, -0.2) is 48.9 Å². The van der Waals surface area contributed by atoms with Gasteiger partial charge in [0.25, 0.3) is 5.91 Å². The average molecular weight is 423 g/mol. The molecule has 8 heteroatoms. The Kier molecular flexibility index (Phi) is 6.13. The number of rotatable bonds is 5. The molecule has 0 N–H and O–H groups in total. The Morgan fingerprint density at radius 3 is 2.43 bits per heavy atom. The van der Waals surface area contributed by atoms with Crippen molar-refractivity contribution in [1.82, 2.24) is 29.9 Å². The van der Waals surface area contributed by atoms with Gasteiger partial charge in [-0.15, -0.1) is 5.10 Å². The van der Waals surface area contributed by atoms with E-state index in [2.05, 4.69) is 27.2 Å². The van der Waals surface area contributed by atoms with Crippen molar-refractivity contribution >= 4 is 17.7 Å². The Morgan fingerprint density at radius 1 is 1.10 bits per heavy atom. The van der Waals surface area contributed by atoms with Crippen molar-refractivity contribution in [3.05, 3.63) is 59.2 Å². The molecule has 0 radical (unpaired) electrons. The zero-order valence-corrected chi connectivity index (χ0v) is 18.4. The van der Waals surface area contributed by atoms with Crippen molar-refractivity contribution in [2.24, 2.45) is 5.92 Å². The van der Waals surface area contributed by atoms with Crippen molar-refractivity contribution in [2.75, 3.05) is 13.1 Å². The topological polar surface area (TPSA) is 76.8 Å². The highest BCUT2D eigenvalue weighted by molar-refractivity contribution is 7.98. The number of benzene rings is 1. The van der Waals surface area contributed by atoms with Crippen LogP contribution in [0.5, 0.6) is 0 Å². The van der Waals surface area contributed by atoms with Crippen molar-refractivity contribution in [3.8, 4) is 5.69 Å². The summed E-state index contributed by atoms with van der Waals surface area (Å²) in [6.45, 7) is 7.69. The number of carbonyl (C=O) groups excluding carboxylic acids is 1. The zero-order valence-electron chi connectivity index (χ0n) is 17.6. The van der Waals surface area contributed by atoms with Crippen LogP contribution >= 0.6 is 11.8 Å². The number of piperidine rings is 1. The Morgan fingerprint density at radius 2 is 1.77 bits per heavy atom. The Balaban J connectivity index is 1.65. The van der Waals surface area contributed by atoms with Crippen LogP contribution in [0.25, 0.3) is 5.69 Å². The minimum absolute atomic E-state index is 0.0407. The van der Waals surface area contributed by atoms with E-state index >= 15 is 0 Å². The number of amides is 1. The van der Waals surface area contributed by atoms with Crippen molar-refractivity contribution in [3.63, 3.8) is 0 Å². The van der Waals surface area contributed by atoms with Gasteiger partial charge in [-0.2, -0.15) is 0 Å². The summed E-state index contributed by atoms with van der Waals surface area (Å²) in [4.78, 5) is 24.2. The van der Waals surface area contributed by atoms with E-state index in [-0.39, 0.29) is 5.91 Å². The number of para-hydroxylation sites is 1. The monoisotopic (exact) mass is 422 g/mol. The average Bonchev–Trinajstić information content (AvgIpc) is 3.16. The summed E-state index contributed by atoms with van der Waals surface area (Å²) in [6.07, 6.45) is 2.05. The van der Waals surface area contributed by atoms with Crippen LogP contribution in [-0.2, 0) is 5.75 Å². The van der Waals surface area contributed by atoms with Crippen LogP contribution in [0.3, 0.4) is 0 Å². The normalized spacial score (nSPS) is 14.8. The molecular weight excluding hydrogens is 396 g/mol. The van der Waals surface area contributed by atoms with E-state index in [1.165, 1.54) is 11.8 Å². The first-order valence-electron chi connectivity index (χ1n) is 10.3. The summed E-state index contributed by atoms with van der Waals surface area (Å²) in [6, 6.07) is 11.7. The van der Waals surface area contributed by atoms with Crippen LogP contribution in [0, 0.1) is 19.8 Å². The number of hydrogen-bond acceptors (Lipinski definition) is 6. The molecule has 1 amide bonds. The summed E-state index contributed by atoms with van der Waals surface area (Å²) in [7, 11) is 0. The fourth-order valence-electron chi connectivity index (χ4n) is 3.63. The number of hydrogen-bond donors (Lipinski definition) is 0. The molecule has 1 aliphatic rings. The second-order valence-corrected chi connectivity index (χ2v) is 8.77. The van der Waals surface area contributed by atoms with Gasteiger partial charge in [-0.25, -0.2) is 14.6 Å². The SMILES string of the molecule is Cc1cc(C)nc(SCc2c(C(=O)N3CCC(C)CC3)nnn2-c2ccccc2)n1. The van der Waals surface area contributed by atoms with Crippen LogP contribution < -0.4 is 0 Å². The molecule has 3 aromatic rings. The molecule has 3 heterocycles. The Bertz CT molecular complexity index is 1010. The molecule has 1 aliphatic heterocycles. The lowest BCUT2D eigenvalue weighted by Crippen LogP contribution is -2.38. The van der Waals surface area contributed by atoms with Gasteiger partial charge in [0.15, 0.2) is 10.9 Å². The third-order valence-corrected chi connectivity index (χ3v) is 6.20. The van der Waals surface area contributed by atoms with Gasteiger partial charge in [0.05, 0.1) is 11.4 Å². The van der Waals surface area contributed by atoms with Crippen LogP contribution in [0.2, 0.25) is 0 Å². The highest BCUT2D eigenvalue weighted by Crippen LogP contribution is 2.25. The molecule has 2 aromatic heterocycles. The fourth-order valence-corrected chi connectivity index (χ4v) is 4.57. The van der Waals surface area contributed by atoms with E-state index in [0.29, 0.717) is 22.5 Å². The quantitative estimate of drug-likeness (QED) is 0.459. The van der Waals surface area contributed by atoms with Gasteiger partial charge in [-0.1, -0.05) is 42.1 Å². The molecule has 4 rings (SSSR count). The van der Waals surface area contributed by atoms with Crippen molar-refractivity contribution < 1.29 is 4.79 Å². The molecule has 30 heavy (non-hydrogen) atoms. The highest BCUT2D eigenvalue weighted by atomic mass is 32.2. The molecule has 0 saturated carbocycles. The fraction of sp³-hybridized carbons (Fsp3) is 0.409. The first-order chi connectivity index (χ1) is 14.5. The van der Waals surface area contributed by atoms with E-state index in [4.69, 9.17) is 0 Å². The smallest absolute Gasteiger partial charge is 0.276 e. The maximum Gasteiger partial charge on any atom is 0.276 e.